The second kappa shape index (κ2) is 27.5. The molecule has 1 fully saturated rings. The Bertz CT molecular complexity index is 455. The van der Waals surface area contributed by atoms with E-state index in [4.69, 9.17) is 35.7 Å². The number of carboxylic acids is 1. The first-order chi connectivity index (χ1) is 16.8. The molecule has 9 nitrogen and oxygen atoms in total. The van der Waals surface area contributed by atoms with Crippen molar-refractivity contribution in [1.82, 2.24) is 0 Å². The minimum absolute atomic E-state index is 0.332. The van der Waals surface area contributed by atoms with Gasteiger partial charge in [0.2, 0.25) is 0 Å². The third-order valence-electron chi connectivity index (χ3n) is 5.37. The second-order valence-corrected chi connectivity index (χ2v) is 8.82. The monoisotopic (exact) mass is 508 g/mol. The molecule has 210 valence electrons. The molecule has 1 rings (SSSR count). The van der Waals surface area contributed by atoms with Gasteiger partial charge in [0, 0.05) is 6.42 Å². The predicted octanol–water partition coefficient (Wildman–Crippen LogP) is 2.54. The maximum Gasteiger partial charge on any atom is 0.303 e. The Morgan fingerprint density at radius 1 is 0.714 bits per heavy atom. The molecule has 9 heteroatoms. The van der Waals surface area contributed by atoms with Crippen molar-refractivity contribution >= 4 is 5.97 Å². The molecule has 0 spiro atoms. The average molecular weight is 509 g/mol. The van der Waals surface area contributed by atoms with Gasteiger partial charge in [0.25, 0.3) is 0 Å². The summed E-state index contributed by atoms with van der Waals surface area (Å²) in [5, 5.41) is 60.7. The molecule has 0 radical (unpaired) electrons. The van der Waals surface area contributed by atoms with Crippen LogP contribution in [0.1, 0.15) is 96.8 Å². The van der Waals surface area contributed by atoms with E-state index in [1.54, 1.807) is 0 Å². The summed E-state index contributed by atoms with van der Waals surface area (Å²) < 4.78 is 4.50. The van der Waals surface area contributed by atoms with Gasteiger partial charge < -0.3 is 40.5 Å². The zero-order chi connectivity index (χ0) is 26.7. The van der Waals surface area contributed by atoms with Gasteiger partial charge in [0.05, 0.1) is 26.4 Å². The molecular formula is C26H52O9. The number of rotatable bonds is 20. The van der Waals surface area contributed by atoms with Crippen molar-refractivity contribution in [2.75, 3.05) is 26.4 Å². The molecule has 1 saturated heterocycles. The summed E-state index contributed by atoms with van der Waals surface area (Å²) in [6.45, 7) is 2.81. The summed E-state index contributed by atoms with van der Waals surface area (Å²) in [5.41, 5.74) is 0. The lowest BCUT2D eigenvalue weighted by Crippen LogP contribution is -2.46. The Hall–Kier alpha value is -1.07. The number of hydrogen-bond donors (Lipinski definition) is 7. The lowest BCUT2D eigenvalue weighted by atomic mass is 10.0. The van der Waals surface area contributed by atoms with Crippen LogP contribution in [0.3, 0.4) is 0 Å². The van der Waals surface area contributed by atoms with Gasteiger partial charge in [-0.25, -0.2) is 0 Å². The number of carboxylic acid groups (broad SMARTS) is 1. The fraction of sp³-hybridized carbons (Fsp3) is 0.885. The van der Waals surface area contributed by atoms with Crippen LogP contribution in [0.5, 0.6) is 0 Å². The molecule has 1 heterocycles. The number of epoxide rings is 1. The van der Waals surface area contributed by atoms with Crippen molar-refractivity contribution < 1.29 is 45.3 Å². The van der Waals surface area contributed by atoms with Crippen LogP contribution in [0, 0.1) is 0 Å². The van der Waals surface area contributed by atoms with Gasteiger partial charge in [-0.15, -0.1) is 0 Å². The zero-order valence-corrected chi connectivity index (χ0v) is 21.6. The van der Waals surface area contributed by atoms with Crippen molar-refractivity contribution in [2.24, 2.45) is 0 Å². The summed E-state index contributed by atoms with van der Waals surface area (Å²) in [6.07, 6.45) is 14.8. The average Bonchev–Trinajstić information content (AvgIpc) is 3.74. The molecular weight excluding hydrogens is 456 g/mol. The van der Waals surface area contributed by atoms with Crippen LogP contribution in [0.4, 0.5) is 0 Å². The molecule has 4 unspecified atom stereocenters. The fourth-order valence-electron chi connectivity index (χ4n) is 3.02. The lowest BCUT2D eigenvalue weighted by molar-refractivity contribution is -0.137. The third kappa shape index (κ3) is 29.1. The SMILES string of the molecule is C1CO1.CCCCCCCC/C=C\CCCCCCCC(=O)O.OCC(O)C(O)C(O)C(O)CO. The molecule has 0 amide bonds. The number of hydrogen-bond acceptors (Lipinski definition) is 8. The largest absolute Gasteiger partial charge is 0.481 e. The van der Waals surface area contributed by atoms with E-state index in [0.29, 0.717) is 6.42 Å². The zero-order valence-electron chi connectivity index (χ0n) is 21.6. The van der Waals surface area contributed by atoms with E-state index in [1.165, 1.54) is 70.6 Å². The number of ether oxygens (including phenoxy) is 1. The minimum atomic E-state index is -1.67. The highest BCUT2D eigenvalue weighted by Gasteiger charge is 2.29. The number of unbranched alkanes of at least 4 members (excludes halogenated alkanes) is 11. The van der Waals surface area contributed by atoms with Gasteiger partial charge in [-0.1, -0.05) is 70.4 Å². The van der Waals surface area contributed by atoms with Gasteiger partial charge in [0.1, 0.15) is 24.4 Å². The van der Waals surface area contributed by atoms with Crippen molar-refractivity contribution in [1.29, 1.82) is 0 Å². The summed E-state index contributed by atoms with van der Waals surface area (Å²) in [5.74, 6) is -0.664. The van der Waals surface area contributed by atoms with Gasteiger partial charge in [-0.05, 0) is 32.1 Å². The van der Waals surface area contributed by atoms with E-state index in [-0.39, 0.29) is 0 Å². The topological polar surface area (TPSA) is 171 Å². The molecule has 0 aromatic carbocycles. The molecule has 1 aliphatic rings. The number of aliphatic hydroxyl groups excluding tert-OH is 6. The normalized spacial score (nSPS) is 15.9. The van der Waals surface area contributed by atoms with Crippen LogP contribution < -0.4 is 0 Å². The minimum Gasteiger partial charge on any atom is -0.481 e. The predicted molar refractivity (Wildman–Crippen MR) is 136 cm³/mol. The molecule has 35 heavy (non-hydrogen) atoms. The van der Waals surface area contributed by atoms with Crippen molar-refractivity contribution in [3.63, 3.8) is 0 Å². The fourth-order valence-corrected chi connectivity index (χ4v) is 3.02. The molecule has 0 bridgehead atoms. The molecule has 4 atom stereocenters. The van der Waals surface area contributed by atoms with Crippen molar-refractivity contribution in [2.45, 2.75) is 121 Å². The van der Waals surface area contributed by atoms with E-state index in [2.05, 4.69) is 23.8 Å². The first-order valence-electron chi connectivity index (χ1n) is 13.2. The Labute approximate surface area is 211 Å². The highest BCUT2D eigenvalue weighted by Crippen LogP contribution is 2.10. The Kier molecular flexibility index (Phi) is 28.4. The molecule has 0 aromatic rings. The third-order valence-corrected chi connectivity index (χ3v) is 5.37. The van der Waals surface area contributed by atoms with Crippen LogP contribution in [-0.4, -0.2) is 92.6 Å². The lowest BCUT2D eigenvalue weighted by Gasteiger charge is -2.24. The van der Waals surface area contributed by atoms with Crippen molar-refractivity contribution in [3.05, 3.63) is 12.2 Å². The van der Waals surface area contributed by atoms with Crippen LogP contribution >= 0.6 is 0 Å². The summed E-state index contributed by atoms with van der Waals surface area (Å²) >= 11 is 0. The van der Waals surface area contributed by atoms with Crippen molar-refractivity contribution in [3.8, 4) is 0 Å². The van der Waals surface area contributed by atoms with E-state index < -0.39 is 43.6 Å². The molecule has 1 aliphatic heterocycles. The quantitative estimate of drug-likeness (QED) is 0.0741. The molecule has 0 aromatic heterocycles. The summed E-state index contributed by atoms with van der Waals surface area (Å²) in [7, 11) is 0. The van der Waals surface area contributed by atoms with Crippen LogP contribution in [0.25, 0.3) is 0 Å². The maximum atomic E-state index is 10.3. The maximum absolute atomic E-state index is 10.3. The second-order valence-electron chi connectivity index (χ2n) is 8.82. The van der Waals surface area contributed by atoms with Crippen LogP contribution in [0.15, 0.2) is 12.2 Å². The van der Waals surface area contributed by atoms with Gasteiger partial charge in [0.15, 0.2) is 0 Å². The van der Waals surface area contributed by atoms with Gasteiger partial charge in [-0.2, -0.15) is 0 Å². The van der Waals surface area contributed by atoms with E-state index >= 15 is 0 Å². The first-order valence-corrected chi connectivity index (χ1v) is 13.2. The van der Waals surface area contributed by atoms with E-state index in [1.807, 2.05) is 0 Å². The van der Waals surface area contributed by atoms with Gasteiger partial charge in [-0.3, -0.25) is 4.79 Å². The Morgan fingerprint density at radius 3 is 1.43 bits per heavy atom. The smallest absolute Gasteiger partial charge is 0.303 e. The highest BCUT2D eigenvalue weighted by atomic mass is 16.6. The summed E-state index contributed by atoms with van der Waals surface area (Å²) in [6, 6.07) is 0. The standard InChI is InChI=1S/C18H34O2.C6H14O6.C2H4O/c1-2-3-4-5-6-7-8-9-10-11-12-13-14-15-16-17-18(19)20;7-1-3(9)5(11)6(12)4(10)2-8;1-2-3-1/h9-10H,2-8,11-17H2,1H3,(H,19,20);3-12H,1-2H2;1-2H2/b10-9-;;. The number of aliphatic hydroxyl groups is 6. The molecule has 7 N–H and O–H groups in total. The number of allylic oxidation sites excluding steroid dienone is 2. The Balaban J connectivity index is 0. The van der Waals surface area contributed by atoms with E-state index in [9.17, 15) is 4.79 Å². The van der Waals surface area contributed by atoms with E-state index in [0.717, 1.165) is 26.1 Å². The number of aliphatic carboxylic acids is 1. The van der Waals surface area contributed by atoms with Crippen LogP contribution in [-0.2, 0) is 9.53 Å². The molecule has 0 aliphatic carbocycles. The van der Waals surface area contributed by atoms with Gasteiger partial charge >= 0.3 is 5.97 Å². The number of carbonyl (C=O) groups is 1. The first kappa shape index (κ1) is 36.1. The Morgan fingerprint density at radius 2 is 1.09 bits per heavy atom. The highest BCUT2D eigenvalue weighted by molar-refractivity contribution is 5.66. The molecule has 0 saturated carbocycles. The van der Waals surface area contributed by atoms with Crippen LogP contribution in [0.2, 0.25) is 0 Å². The summed E-state index contributed by atoms with van der Waals surface area (Å²) in [4.78, 5) is 10.3.